The van der Waals surface area contributed by atoms with E-state index in [4.69, 9.17) is 5.11 Å². The Kier molecular flexibility index (Phi) is 8.37. The average Bonchev–Trinajstić information content (AvgIpc) is 2.40. The third-order valence-electron chi connectivity index (χ3n) is 4.01. The van der Waals surface area contributed by atoms with Crippen LogP contribution < -0.4 is 0 Å². The molecule has 0 radical (unpaired) electrons. The highest BCUT2D eigenvalue weighted by atomic mass is 16.4. The van der Waals surface area contributed by atoms with Gasteiger partial charge in [-0.15, -0.1) is 0 Å². The zero-order chi connectivity index (χ0) is 17.4. The summed E-state index contributed by atoms with van der Waals surface area (Å²) in [6.45, 7) is 4.60. The fraction of sp³-hybridized carbons (Fsp3) is 0.733. The van der Waals surface area contributed by atoms with E-state index in [1.165, 1.54) is 6.92 Å². The van der Waals surface area contributed by atoms with Crippen LogP contribution in [0.25, 0.3) is 0 Å². The molecule has 0 aromatic rings. The van der Waals surface area contributed by atoms with Crippen LogP contribution in [0, 0.1) is 23.7 Å². The molecule has 0 bridgehead atoms. The number of hydrogen-bond donors (Lipinski definition) is 3. The lowest BCUT2D eigenvalue weighted by atomic mass is 9.82. The lowest BCUT2D eigenvalue weighted by molar-refractivity contribution is -0.148. The number of carboxylic acid groups (broad SMARTS) is 3. The molecule has 7 nitrogen and oxygen atoms in total. The van der Waals surface area contributed by atoms with E-state index in [-0.39, 0.29) is 31.5 Å². The molecule has 0 heterocycles. The van der Waals surface area contributed by atoms with Gasteiger partial charge in [0, 0.05) is 5.92 Å². The summed E-state index contributed by atoms with van der Waals surface area (Å²) in [5.74, 6) is -6.94. The van der Waals surface area contributed by atoms with Crippen LogP contribution in [0.1, 0.15) is 46.5 Å². The highest BCUT2D eigenvalue weighted by molar-refractivity contribution is 5.79. The Morgan fingerprint density at radius 3 is 1.45 bits per heavy atom. The Morgan fingerprint density at radius 2 is 1.14 bits per heavy atom. The predicted octanol–water partition coefficient (Wildman–Crippen LogP) is 1.89. The molecule has 0 amide bonds. The molecular weight excluding hydrogens is 292 g/mol. The van der Waals surface area contributed by atoms with E-state index in [0.29, 0.717) is 0 Å². The van der Waals surface area contributed by atoms with Crippen LogP contribution in [0.2, 0.25) is 0 Å². The molecule has 4 unspecified atom stereocenters. The molecule has 0 saturated carbocycles. The smallest absolute Gasteiger partial charge is 0.306 e. The van der Waals surface area contributed by atoms with Crippen molar-refractivity contribution in [2.45, 2.75) is 46.5 Å². The van der Waals surface area contributed by atoms with Gasteiger partial charge in [-0.2, -0.15) is 0 Å². The summed E-state index contributed by atoms with van der Waals surface area (Å²) in [6.07, 6.45) is 0.0461. The molecule has 0 saturated heterocycles. The molecule has 0 aliphatic carbocycles. The summed E-state index contributed by atoms with van der Waals surface area (Å²) in [5, 5.41) is 27.4. The molecule has 3 N–H and O–H groups in total. The van der Waals surface area contributed by atoms with Crippen molar-refractivity contribution in [1.29, 1.82) is 0 Å². The topological polar surface area (TPSA) is 129 Å². The molecule has 0 spiro atoms. The third-order valence-corrected chi connectivity index (χ3v) is 4.01. The van der Waals surface area contributed by atoms with Gasteiger partial charge in [0.25, 0.3) is 0 Å². The maximum atomic E-state index is 11.3. The minimum absolute atomic E-state index is 0.0539. The maximum absolute atomic E-state index is 11.3. The summed E-state index contributed by atoms with van der Waals surface area (Å²) in [6, 6.07) is 0. The number of aliphatic carboxylic acids is 3. The summed E-state index contributed by atoms with van der Waals surface area (Å²) in [4.78, 5) is 44.9. The normalized spacial score (nSPS) is 16.3. The van der Waals surface area contributed by atoms with Crippen molar-refractivity contribution in [2.75, 3.05) is 0 Å². The van der Waals surface area contributed by atoms with Gasteiger partial charge in [0.15, 0.2) is 0 Å². The predicted molar refractivity (Wildman–Crippen MR) is 77.4 cm³/mol. The van der Waals surface area contributed by atoms with E-state index in [1.54, 1.807) is 13.8 Å². The Bertz CT molecular complexity index is 430. The number of carbonyl (C=O) groups excluding carboxylic acids is 1. The minimum atomic E-state index is -1.21. The number of ketones is 1. The lowest BCUT2D eigenvalue weighted by Crippen LogP contribution is -2.28. The largest absolute Gasteiger partial charge is 0.481 e. The van der Waals surface area contributed by atoms with Crippen molar-refractivity contribution in [2.24, 2.45) is 23.7 Å². The van der Waals surface area contributed by atoms with Crippen LogP contribution in [0.3, 0.4) is 0 Å². The Balaban J connectivity index is 5.01. The Labute approximate surface area is 129 Å². The third kappa shape index (κ3) is 6.69. The van der Waals surface area contributed by atoms with Gasteiger partial charge in [0.2, 0.25) is 0 Å². The molecule has 126 valence electrons. The first-order valence-corrected chi connectivity index (χ1v) is 7.28. The molecule has 0 fully saturated rings. The molecule has 0 aliphatic heterocycles. The van der Waals surface area contributed by atoms with Gasteiger partial charge in [-0.25, -0.2) is 0 Å². The fourth-order valence-electron chi connectivity index (χ4n) is 2.32. The van der Waals surface area contributed by atoms with E-state index >= 15 is 0 Å². The number of hydrogen-bond acceptors (Lipinski definition) is 4. The highest BCUT2D eigenvalue weighted by Crippen LogP contribution is 2.27. The highest BCUT2D eigenvalue weighted by Gasteiger charge is 2.32. The van der Waals surface area contributed by atoms with Crippen LogP contribution in [0.15, 0.2) is 0 Å². The quantitative estimate of drug-likeness (QED) is 0.530. The standard InChI is InChI=1S/C15H24O7/c1-4-10(13(17)18)6-12(15(21)22)7-11(14(19)20)5-8(2)9(3)16/h8,10-12H,4-7H2,1-3H3,(H,17,18)(H,19,20)(H,21,22). The number of carboxylic acids is 3. The van der Waals surface area contributed by atoms with Crippen molar-refractivity contribution in [3.05, 3.63) is 0 Å². The van der Waals surface area contributed by atoms with Crippen molar-refractivity contribution >= 4 is 23.7 Å². The maximum Gasteiger partial charge on any atom is 0.306 e. The van der Waals surface area contributed by atoms with E-state index < -0.39 is 41.6 Å². The van der Waals surface area contributed by atoms with Crippen LogP contribution in [0.5, 0.6) is 0 Å². The van der Waals surface area contributed by atoms with E-state index in [2.05, 4.69) is 0 Å². The van der Waals surface area contributed by atoms with Gasteiger partial charge in [-0.3, -0.25) is 19.2 Å². The molecule has 22 heavy (non-hydrogen) atoms. The zero-order valence-electron chi connectivity index (χ0n) is 13.1. The molecule has 0 rings (SSSR count). The number of Topliss-reactive ketones (excluding diaryl/α,β-unsaturated/α-hetero) is 1. The Morgan fingerprint density at radius 1 is 0.773 bits per heavy atom. The monoisotopic (exact) mass is 316 g/mol. The molecular formula is C15H24O7. The molecule has 0 aromatic carbocycles. The van der Waals surface area contributed by atoms with E-state index in [0.717, 1.165) is 0 Å². The molecule has 0 aliphatic rings. The molecule has 7 heteroatoms. The van der Waals surface area contributed by atoms with Gasteiger partial charge in [0.05, 0.1) is 17.8 Å². The SMILES string of the molecule is CCC(CC(CC(CC(C)C(C)=O)C(=O)O)C(=O)O)C(=O)O. The second kappa shape index (κ2) is 9.17. The number of carbonyl (C=O) groups is 4. The summed E-state index contributed by atoms with van der Waals surface area (Å²) < 4.78 is 0. The Hall–Kier alpha value is -1.92. The van der Waals surface area contributed by atoms with Gasteiger partial charge in [-0.05, 0) is 32.6 Å². The summed E-state index contributed by atoms with van der Waals surface area (Å²) in [7, 11) is 0. The van der Waals surface area contributed by atoms with Crippen molar-refractivity contribution in [1.82, 2.24) is 0 Å². The molecule has 4 atom stereocenters. The first kappa shape index (κ1) is 20.1. The first-order chi connectivity index (χ1) is 10.1. The second-order valence-electron chi connectivity index (χ2n) is 5.73. The van der Waals surface area contributed by atoms with Crippen LogP contribution in [0.4, 0.5) is 0 Å². The van der Waals surface area contributed by atoms with Crippen LogP contribution in [-0.4, -0.2) is 39.0 Å². The average molecular weight is 316 g/mol. The zero-order valence-corrected chi connectivity index (χ0v) is 13.1. The van der Waals surface area contributed by atoms with E-state index in [9.17, 15) is 29.4 Å². The van der Waals surface area contributed by atoms with Gasteiger partial charge >= 0.3 is 17.9 Å². The minimum Gasteiger partial charge on any atom is -0.481 e. The summed E-state index contributed by atoms with van der Waals surface area (Å²) >= 11 is 0. The van der Waals surface area contributed by atoms with Gasteiger partial charge < -0.3 is 15.3 Å². The first-order valence-electron chi connectivity index (χ1n) is 7.28. The summed E-state index contributed by atoms with van der Waals surface area (Å²) in [5.41, 5.74) is 0. The fourth-order valence-corrected chi connectivity index (χ4v) is 2.32. The van der Waals surface area contributed by atoms with Crippen LogP contribution in [-0.2, 0) is 19.2 Å². The van der Waals surface area contributed by atoms with Crippen molar-refractivity contribution < 1.29 is 34.5 Å². The van der Waals surface area contributed by atoms with Crippen molar-refractivity contribution in [3.63, 3.8) is 0 Å². The van der Waals surface area contributed by atoms with E-state index in [1.807, 2.05) is 0 Å². The van der Waals surface area contributed by atoms with Gasteiger partial charge in [0.1, 0.15) is 5.78 Å². The lowest BCUT2D eigenvalue weighted by Gasteiger charge is -2.21. The van der Waals surface area contributed by atoms with Crippen LogP contribution >= 0.6 is 0 Å². The molecule has 0 aromatic heterocycles. The number of rotatable bonds is 11. The van der Waals surface area contributed by atoms with Gasteiger partial charge in [-0.1, -0.05) is 13.8 Å². The van der Waals surface area contributed by atoms with Crippen molar-refractivity contribution in [3.8, 4) is 0 Å². The second-order valence-corrected chi connectivity index (χ2v) is 5.73.